The van der Waals surface area contributed by atoms with E-state index in [4.69, 9.17) is 5.11 Å². The molecule has 1 aromatic rings. The summed E-state index contributed by atoms with van der Waals surface area (Å²) in [5.41, 5.74) is 0.609. The van der Waals surface area contributed by atoms with Crippen LogP contribution in [0.25, 0.3) is 0 Å². The maximum Gasteiger partial charge on any atom is 0.307 e. The van der Waals surface area contributed by atoms with Crippen molar-refractivity contribution in [2.75, 3.05) is 13.1 Å². The van der Waals surface area contributed by atoms with Crippen LogP contribution in [0, 0.1) is 18.3 Å². The Morgan fingerprint density at radius 1 is 1.38 bits per heavy atom. The maximum absolute atomic E-state index is 12.5. The fraction of sp³-hybridized carbons (Fsp3) is 0.571. The Hall–Kier alpha value is -1.47. The monoisotopic (exact) mass is 310 g/mol. The van der Waals surface area contributed by atoms with E-state index in [1.807, 2.05) is 0 Å². The number of aliphatic carboxylic acids is 1. The molecule has 1 saturated carbocycles. The van der Waals surface area contributed by atoms with Crippen LogP contribution in [-0.4, -0.2) is 41.9 Å². The van der Waals surface area contributed by atoms with Crippen LogP contribution in [-0.2, 0) is 14.8 Å². The number of aromatic nitrogens is 1. The van der Waals surface area contributed by atoms with Gasteiger partial charge in [-0.25, -0.2) is 8.42 Å². The molecule has 114 valence electrons. The molecular formula is C14H18N2O4S. The number of piperidine rings is 1. The molecule has 0 amide bonds. The first-order valence-corrected chi connectivity index (χ1v) is 8.45. The zero-order chi connectivity index (χ0) is 15.3. The van der Waals surface area contributed by atoms with Crippen molar-refractivity contribution in [1.82, 2.24) is 9.29 Å². The highest BCUT2D eigenvalue weighted by atomic mass is 32.2. The minimum Gasteiger partial charge on any atom is -0.481 e. The Labute approximate surface area is 123 Å². The van der Waals surface area contributed by atoms with Crippen molar-refractivity contribution in [2.45, 2.75) is 31.1 Å². The second-order valence-corrected chi connectivity index (χ2v) is 7.93. The van der Waals surface area contributed by atoms with Gasteiger partial charge in [0.25, 0.3) is 0 Å². The molecule has 1 saturated heterocycles. The lowest BCUT2D eigenvalue weighted by Gasteiger charge is -2.31. The van der Waals surface area contributed by atoms with Gasteiger partial charge in [-0.15, -0.1) is 0 Å². The van der Waals surface area contributed by atoms with Crippen LogP contribution in [0.5, 0.6) is 0 Å². The number of pyridine rings is 1. The number of carboxylic acids is 1. The van der Waals surface area contributed by atoms with Gasteiger partial charge in [-0.3, -0.25) is 9.78 Å². The highest BCUT2D eigenvalue weighted by molar-refractivity contribution is 7.89. The Bertz CT molecular complexity index is 661. The summed E-state index contributed by atoms with van der Waals surface area (Å²) < 4.78 is 26.5. The third-order valence-electron chi connectivity index (χ3n) is 4.73. The molecule has 1 aromatic heterocycles. The first-order valence-electron chi connectivity index (χ1n) is 7.01. The molecule has 6 nitrogen and oxygen atoms in total. The predicted molar refractivity (Wildman–Crippen MR) is 75.1 cm³/mol. The fourth-order valence-corrected chi connectivity index (χ4v) is 4.56. The van der Waals surface area contributed by atoms with Crippen LogP contribution in [0.1, 0.15) is 25.0 Å². The van der Waals surface area contributed by atoms with Crippen molar-refractivity contribution in [2.24, 2.45) is 11.3 Å². The lowest BCUT2D eigenvalue weighted by molar-refractivity contribution is -0.139. The fourth-order valence-electron chi connectivity index (χ4n) is 3.18. The minimum absolute atomic E-state index is 0.163. The van der Waals surface area contributed by atoms with Crippen molar-refractivity contribution in [3.8, 4) is 0 Å². The number of rotatable bonds is 3. The molecule has 3 rings (SSSR count). The van der Waals surface area contributed by atoms with Gasteiger partial charge in [-0.1, -0.05) is 0 Å². The highest BCUT2D eigenvalue weighted by Gasteiger charge is 2.59. The number of aryl methyl sites for hydroxylation is 1. The van der Waals surface area contributed by atoms with Gasteiger partial charge in [0.15, 0.2) is 0 Å². The Kier molecular flexibility index (Phi) is 3.29. The molecule has 21 heavy (non-hydrogen) atoms. The minimum atomic E-state index is -3.52. The normalized spacial score (nSPS) is 24.9. The molecule has 0 bridgehead atoms. The molecule has 7 heteroatoms. The number of hydrogen-bond donors (Lipinski definition) is 1. The van der Waals surface area contributed by atoms with Gasteiger partial charge in [-0.05, 0) is 43.7 Å². The Morgan fingerprint density at radius 2 is 2.05 bits per heavy atom. The van der Waals surface area contributed by atoms with Crippen molar-refractivity contribution >= 4 is 16.0 Å². The van der Waals surface area contributed by atoms with Crippen LogP contribution < -0.4 is 0 Å². The molecule has 1 aliphatic carbocycles. The quantitative estimate of drug-likeness (QED) is 0.908. The lowest BCUT2D eigenvalue weighted by atomic mass is 9.92. The molecule has 2 aliphatic rings. The number of carbonyl (C=O) groups is 1. The second kappa shape index (κ2) is 4.78. The average molecular weight is 310 g/mol. The van der Waals surface area contributed by atoms with E-state index in [9.17, 15) is 13.2 Å². The molecule has 1 spiro atoms. The zero-order valence-corrected chi connectivity index (χ0v) is 12.6. The summed E-state index contributed by atoms with van der Waals surface area (Å²) in [7, 11) is -3.52. The van der Waals surface area contributed by atoms with Crippen LogP contribution >= 0.6 is 0 Å². The van der Waals surface area contributed by atoms with Gasteiger partial charge in [0.2, 0.25) is 10.0 Å². The third-order valence-corrected chi connectivity index (χ3v) is 6.61. The number of hydrogen-bond acceptors (Lipinski definition) is 4. The summed E-state index contributed by atoms with van der Waals surface area (Å²) in [6.07, 6.45) is 3.32. The summed E-state index contributed by atoms with van der Waals surface area (Å²) in [4.78, 5) is 15.3. The van der Waals surface area contributed by atoms with E-state index >= 15 is 0 Å². The third kappa shape index (κ3) is 2.44. The second-order valence-electron chi connectivity index (χ2n) is 6.00. The molecule has 1 aliphatic heterocycles. The SMILES string of the molecule is Cc1ccc(S(=O)(=O)N2CCC3(CC2)CC3C(=O)O)cn1. The predicted octanol–water partition coefficient (Wildman–Crippen LogP) is 1.27. The van der Waals surface area contributed by atoms with Crippen LogP contribution in [0.3, 0.4) is 0 Å². The smallest absolute Gasteiger partial charge is 0.307 e. The molecule has 1 unspecified atom stereocenters. The van der Waals surface area contributed by atoms with Crippen molar-refractivity contribution in [3.05, 3.63) is 24.0 Å². The molecule has 2 fully saturated rings. The molecule has 0 radical (unpaired) electrons. The van der Waals surface area contributed by atoms with Gasteiger partial charge >= 0.3 is 5.97 Å². The molecule has 1 N–H and O–H groups in total. The molecular weight excluding hydrogens is 292 g/mol. The van der Waals surface area contributed by atoms with E-state index in [0.717, 1.165) is 5.69 Å². The number of nitrogens with zero attached hydrogens (tertiary/aromatic N) is 2. The molecule has 1 atom stereocenters. The van der Waals surface area contributed by atoms with Crippen LogP contribution in [0.4, 0.5) is 0 Å². The summed E-state index contributed by atoms with van der Waals surface area (Å²) in [5, 5.41) is 9.06. The molecule has 2 heterocycles. The average Bonchev–Trinajstić information content (AvgIpc) is 3.14. The first kappa shape index (κ1) is 14.5. The van der Waals surface area contributed by atoms with E-state index in [1.165, 1.54) is 10.5 Å². The lowest BCUT2D eigenvalue weighted by Crippen LogP contribution is -2.39. The van der Waals surface area contributed by atoms with Gasteiger partial charge in [-0.2, -0.15) is 4.31 Å². The zero-order valence-electron chi connectivity index (χ0n) is 11.8. The van der Waals surface area contributed by atoms with Crippen molar-refractivity contribution in [3.63, 3.8) is 0 Å². The maximum atomic E-state index is 12.5. The largest absolute Gasteiger partial charge is 0.481 e. The van der Waals surface area contributed by atoms with Crippen molar-refractivity contribution in [1.29, 1.82) is 0 Å². The van der Waals surface area contributed by atoms with Gasteiger partial charge in [0.1, 0.15) is 4.90 Å². The Morgan fingerprint density at radius 3 is 2.52 bits per heavy atom. The van der Waals surface area contributed by atoms with E-state index in [-0.39, 0.29) is 16.2 Å². The number of carboxylic acid groups (broad SMARTS) is 1. The first-order chi connectivity index (χ1) is 9.85. The van der Waals surface area contributed by atoms with E-state index in [0.29, 0.717) is 32.4 Å². The van der Waals surface area contributed by atoms with Gasteiger partial charge < -0.3 is 5.11 Å². The summed E-state index contributed by atoms with van der Waals surface area (Å²) in [5.74, 6) is -1.04. The van der Waals surface area contributed by atoms with Gasteiger partial charge in [0, 0.05) is 25.0 Å². The summed E-state index contributed by atoms with van der Waals surface area (Å²) in [6, 6.07) is 3.25. The molecule has 0 aromatic carbocycles. The summed E-state index contributed by atoms with van der Waals surface area (Å²) in [6.45, 7) is 2.58. The standard InChI is InChI=1S/C14H18N2O4S/c1-10-2-3-11(9-15-10)21(19,20)16-6-4-14(5-7-16)8-12(14)13(17)18/h2-3,9,12H,4-8H2,1H3,(H,17,18). The van der Waals surface area contributed by atoms with E-state index in [2.05, 4.69) is 4.98 Å². The summed E-state index contributed by atoms with van der Waals surface area (Å²) >= 11 is 0. The topological polar surface area (TPSA) is 87.6 Å². The van der Waals surface area contributed by atoms with Gasteiger partial charge in [0.05, 0.1) is 5.92 Å². The van der Waals surface area contributed by atoms with E-state index in [1.54, 1.807) is 19.1 Å². The Balaban J connectivity index is 1.72. The van der Waals surface area contributed by atoms with Crippen LogP contribution in [0.15, 0.2) is 23.2 Å². The highest BCUT2D eigenvalue weighted by Crippen LogP contribution is 2.59. The van der Waals surface area contributed by atoms with E-state index < -0.39 is 16.0 Å². The van der Waals surface area contributed by atoms with Crippen LogP contribution in [0.2, 0.25) is 0 Å². The number of sulfonamides is 1. The van der Waals surface area contributed by atoms with Crippen molar-refractivity contribution < 1.29 is 18.3 Å².